The Balaban J connectivity index is 1.33. The van der Waals surface area contributed by atoms with Gasteiger partial charge in [0, 0.05) is 35.5 Å². The van der Waals surface area contributed by atoms with Crippen LogP contribution in [0.3, 0.4) is 0 Å². The molecule has 7 nitrogen and oxygen atoms in total. The number of ketones is 1. The Labute approximate surface area is 337 Å². The summed E-state index contributed by atoms with van der Waals surface area (Å²) >= 11 is 1.45. The van der Waals surface area contributed by atoms with E-state index < -0.39 is 29.6 Å². The summed E-state index contributed by atoms with van der Waals surface area (Å²) in [6.07, 6.45) is -0.00646. The molecule has 5 atom stereocenters. The van der Waals surface area contributed by atoms with Crippen molar-refractivity contribution in [2.75, 3.05) is 19.7 Å². The molecule has 3 N–H and O–H groups in total. The standard InChI is InChI=1S/C46H54F3NO6S/c1-31-8-7-22-44(3)41(39-19-15-35(24-36(51)16-11-31)25-40(39)43(53)42-20-12-32(2)57-42)21-23-45(44,54)30-50(26-33-13-17-38(18-14-33)56-46(47,48)49)27-37(52)29-55-28-34-9-5-4-6-10-34/h4-6,8-10,12-15,17-20,25,36-37,41,51-52,54H,7,11,16,21-24,26-30H2,1-3H3/t36-,37+,41-,44-,45+/m0/s1. The highest BCUT2D eigenvalue weighted by molar-refractivity contribution is 7.14. The van der Waals surface area contributed by atoms with Crippen LogP contribution in [0, 0.1) is 12.3 Å². The molecule has 4 aromatic rings. The second-order valence-electron chi connectivity index (χ2n) is 16.2. The maximum atomic E-state index is 14.3. The Morgan fingerprint density at radius 3 is 2.44 bits per heavy atom. The molecule has 1 aromatic heterocycles. The fraction of sp³-hybridized carbons (Fsp3) is 0.457. The van der Waals surface area contributed by atoms with Crippen LogP contribution in [0.2, 0.25) is 0 Å². The molecule has 0 amide bonds. The van der Waals surface area contributed by atoms with E-state index in [-0.39, 0.29) is 43.7 Å². The van der Waals surface area contributed by atoms with Crippen LogP contribution in [0.4, 0.5) is 13.2 Å². The van der Waals surface area contributed by atoms with Gasteiger partial charge in [0.1, 0.15) is 5.75 Å². The topological polar surface area (TPSA) is 99.5 Å². The summed E-state index contributed by atoms with van der Waals surface area (Å²) in [6.45, 7) is 7.05. The number of alkyl halides is 3. The number of carbonyl (C=O) groups is 1. The zero-order valence-corrected chi connectivity index (χ0v) is 33.7. The quantitative estimate of drug-likeness (QED) is 0.0916. The minimum atomic E-state index is -4.82. The molecule has 11 heteroatoms. The van der Waals surface area contributed by atoms with Crippen LogP contribution in [0.1, 0.15) is 101 Å². The van der Waals surface area contributed by atoms with Crippen LogP contribution in [0.15, 0.2) is 96.6 Å². The third kappa shape index (κ3) is 11.0. The molecule has 3 aliphatic carbocycles. The summed E-state index contributed by atoms with van der Waals surface area (Å²) in [5.74, 6) is -0.597. The van der Waals surface area contributed by atoms with Gasteiger partial charge < -0.3 is 24.8 Å². The predicted molar refractivity (Wildman–Crippen MR) is 216 cm³/mol. The SMILES string of the molecule is CC1=CCC[C@@]2(C)[C@@H](CC[C@@]2(O)CN(Cc2ccc(OC(F)(F)F)cc2)C[C@@H](O)COCc2ccccc2)c2ccc(cc2C(=O)c2ccc(C)s2)C[C@@H](O)CC1. The monoisotopic (exact) mass is 805 g/mol. The molecule has 0 aliphatic heterocycles. The van der Waals surface area contributed by atoms with E-state index in [9.17, 15) is 33.3 Å². The molecule has 306 valence electrons. The molecular weight excluding hydrogens is 752 g/mol. The van der Waals surface area contributed by atoms with E-state index in [4.69, 9.17) is 4.74 Å². The minimum absolute atomic E-state index is 0.0425. The summed E-state index contributed by atoms with van der Waals surface area (Å²) in [5, 5.41) is 35.4. The van der Waals surface area contributed by atoms with Crippen molar-refractivity contribution in [1.29, 1.82) is 0 Å². The average molecular weight is 806 g/mol. The number of allylic oxidation sites excluding steroid dienone is 2. The van der Waals surface area contributed by atoms with Crippen molar-refractivity contribution in [2.45, 2.75) is 109 Å². The molecule has 3 aliphatic rings. The third-order valence-electron chi connectivity index (χ3n) is 11.8. The van der Waals surface area contributed by atoms with Gasteiger partial charge in [-0.2, -0.15) is 0 Å². The van der Waals surface area contributed by atoms with E-state index in [1.165, 1.54) is 29.0 Å². The number of aliphatic hydroxyl groups excluding tert-OH is 2. The number of ether oxygens (including phenoxy) is 2. The maximum absolute atomic E-state index is 14.3. The molecule has 0 saturated heterocycles. The number of halogens is 3. The molecule has 1 fully saturated rings. The lowest BCUT2D eigenvalue weighted by atomic mass is 9.64. The van der Waals surface area contributed by atoms with Gasteiger partial charge >= 0.3 is 6.36 Å². The molecule has 1 heterocycles. The third-order valence-corrected chi connectivity index (χ3v) is 12.8. The van der Waals surface area contributed by atoms with E-state index >= 15 is 0 Å². The molecule has 0 spiro atoms. The highest BCUT2D eigenvalue weighted by Gasteiger charge is 2.57. The first-order chi connectivity index (χ1) is 27.1. The Kier molecular flexibility index (Phi) is 13.8. The van der Waals surface area contributed by atoms with Crippen molar-refractivity contribution in [3.05, 3.63) is 134 Å². The van der Waals surface area contributed by atoms with Gasteiger partial charge in [0.2, 0.25) is 5.78 Å². The van der Waals surface area contributed by atoms with Gasteiger partial charge in [-0.1, -0.05) is 73.2 Å². The normalized spacial score (nSPS) is 23.5. The molecular formula is C46H54F3NO6S. The number of nitrogens with zero attached hydrogens (tertiary/aromatic N) is 1. The second-order valence-corrected chi connectivity index (χ2v) is 17.5. The van der Waals surface area contributed by atoms with Gasteiger partial charge in [-0.25, -0.2) is 0 Å². The lowest BCUT2D eigenvalue weighted by Gasteiger charge is -2.46. The second kappa shape index (κ2) is 18.4. The van der Waals surface area contributed by atoms with Gasteiger partial charge in [-0.15, -0.1) is 24.5 Å². The summed E-state index contributed by atoms with van der Waals surface area (Å²) in [6, 6.07) is 25.1. The molecule has 3 aromatic carbocycles. The van der Waals surface area contributed by atoms with Crippen molar-refractivity contribution in [3.8, 4) is 5.75 Å². The number of hydrogen-bond donors (Lipinski definition) is 3. The van der Waals surface area contributed by atoms with Gasteiger partial charge in [-0.3, -0.25) is 9.69 Å². The molecule has 0 unspecified atom stereocenters. The van der Waals surface area contributed by atoms with Crippen molar-refractivity contribution < 1.29 is 42.8 Å². The van der Waals surface area contributed by atoms with E-state index in [1.807, 2.05) is 72.5 Å². The smallest absolute Gasteiger partial charge is 0.406 e. The number of benzene rings is 3. The number of aryl methyl sites for hydroxylation is 1. The Bertz CT molecular complexity index is 1980. The van der Waals surface area contributed by atoms with Crippen LogP contribution in [0.5, 0.6) is 5.75 Å². The summed E-state index contributed by atoms with van der Waals surface area (Å²) in [7, 11) is 0. The summed E-state index contributed by atoms with van der Waals surface area (Å²) in [4.78, 5) is 18.0. The Hall–Kier alpha value is -3.84. The van der Waals surface area contributed by atoms with Crippen molar-refractivity contribution in [3.63, 3.8) is 0 Å². The largest absolute Gasteiger partial charge is 0.573 e. The van der Waals surface area contributed by atoms with Crippen molar-refractivity contribution in [1.82, 2.24) is 4.90 Å². The number of aliphatic hydroxyl groups is 3. The molecule has 1 saturated carbocycles. The van der Waals surface area contributed by atoms with Crippen LogP contribution >= 0.6 is 11.3 Å². The van der Waals surface area contributed by atoms with E-state index in [0.717, 1.165) is 28.0 Å². The van der Waals surface area contributed by atoms with E-state index in [0.29, 0.717) is 61.1 Å². The van der Waals surface area contributed by atoms with E-state index in [1.54, 1.807) is 12.1 Å². The lowest BCUT2D eigenvalue weighted by Crippen LogP contribution is -2.53. The molecule has 7 rings (SSSR count). The Morgan fingerprint density at radius 2 is 1.74 bits per heavy atom. The van der Waals surface area contributed by atoms with Crippen LogP contribution in [0.25, 0.3) is 0 Å². The first kappa shape index (κ1) is 42.8. The van der Waals surface area contributed by atoms with Gasteiger partial charge in [0.15, 0.2) is 0 Å². The van der Waals surface area contributed by atoms with Crippen molar-refractivity contribution in [2.24, 2.45) is 5.41 Å². The number of thiophene rings is 1. The lowest BCUT2D eigenvalue weighted by molar-refractivity contribution is -0.274. The fourth-order valence-corrected chi connectivity index (χ4v) is 9.56. The molecule has 2 bridgehead atoms. The zero-order chi connectivity index (χ0) is 40.8. The minimum Gasteiger partial charge on any atom is -0.406 e. The zero-order valence-electron chi connectivity index (χ0n) is 32.9. The fourth-order valence-electron chi connectivity index (χ4n) is 8.73. The van der Waals surface area contributed by atoms with Crippen LogP contribution in [-0.2, 0) is 24.3 Å². The number of rotatable bonds is 13. The first-order valence-electron chi connectivity index (χ1n) is 19.8. The summed E-state index contributed by atoms with van der Waals surface area (Å²) < 4.78 is 48.8. The van der Waals surface area contributed by atoms with Crippen LogP contribution < -0.4 is 4.74 Å². The molecule has 0 radical (unpaired) electrons. The highest BCUT2D eigenvalue weighted by Crippen LogP contribution is 2.59. The number of carbonyl (C=O) groups excluding carboxylic acids is 1. The number of fused-ring (bicyclic) bond motifs is 8. The summed E-state index contributed by atoms with van der Waals surface area (Å²) in [5.41, 5.74) is 3.17. The van der Waals surface area contributed by atoms with Gasteiger partial charge in [0.05, 0.1) is 35.9 Å². The highest BCUT2D eigenvalue weighted by atomic mass is 32.1. The van der Waals surface area contributed by atoms with Gasteiger partial charge in [0.25, 0.3) is 0 Å². The van der Waals surface area contributed by atoms with Crippen molar-refractivity contribution >= 4 is 17.1 Å². The first-order valence-corrected chi connectivity index (χ1v) is 20.6. The molecule has 57 heavy (non-hydrogen) atoms. The maximum Gasteiger partial charge on any atom is 0.573 e. The Morgan fingerprint density at radius 1 is 0.982 bits per heavy atom. The predicted octanol–water partition coefficient (Wildman–Crippen LogP) is 9.30. The number of hydrogen-bond acceptors (Lipinski definition) is 8. The van der Waals surface area contributed by atoms with E-state index in [2.05, 4.69) is 24.7 Å². The van der Waals surface area contributed by atoms with Crippen LogP contribution in [-0.4, -0.2) is 69.9 Å². The van der Waals surface area contributed by atoms with Gasteiger partial charge in [-0.05, 0) is 117 Å². The average Bonchev–Trinajstić information content (AvgIpc) is 3.70.